The van der Waals surface area contributed by atoms with Gasteiger partial charge in [-0.1, -0.05) is 421 Å². The van der Waals surface area contributed by atoms with Crippen LogP contribution in [0.1, 0.15) is 472 Å². The maximum Gasteiger partial charge on any atom is 0.472 e. The summed E-state index contributed by atoms with van der Waals surface area (Å²) in [6.07, 6.45) is 70.6. The van der Waals surface area contributed by atoms with Gasteiger partial charge in [-0.15, -0.1) is 0 Å². The zero-order valence-corrected chi connectivity index (χ0v) is 73.1. The van der Waals surface area contributed by atoms with Gasteiger partial charge in [0.15, 0.2) is 12.2 Å². The van der Waals surface area contributed by atoms with Crippen molar-refractivity contribution >= 4 is 39.5 Å². The van der Waals surface area contributed by atoms with Crippen molar-refractivity contribution in [3.05, 3.63) is 0 Å². The van der Waals surface area contributed by atoms with E-state index < -0.39 is 97.5 Å². The molecule has 108 heavy (non-hydrogen) atoms. The molecular formula is C89H174O17P2. The molecule has 642 valence electrons. The first kappa shape index (κ1) is 106. The lowest BCUT2D eigenvalue weighted by Gasteiger charge is -2.21. The molecule has 3 N–H and O–H groups in total. The SMILES string of the molecule is CCCCCCCCCCCCCCC(=O)OC[C@H](COP(=O)(O)OC[C@H](O)COP(=O)(O)OC[C@@H](COC(=O)CCCCCCCCCCCCCCCCCCC(C)C)OC(=O)CCCCCCCCCCCCCCCCCCC(C)C)OC(=O)CCCCCCCCCCCCCCCCC(C)CC. The zero-order chi connectivity index (χ0) is 79.3. The number of phosphoric ester groups is 2. The Morgan fingerprint density at radius 3 is 0.704 bits per heavy atom. The second-order valence-electron chi connectivity index (χ2n) is 33.2. The van der Waals surface area contributed by atoms with Gasteiger partial charge in [-0.3, -0.25) is 37.3 Å². The average Bonchev–Trinajstić information content (AvgIpc) is 0.898. The highest BCUT2D eigenvalue weighted by atomic mass is 31.2. The highest BCUT2D eigenvalue weighted by Gasteiger charge is 2.31. The number of hydrogen-bond acceptors (Lipinski definition) is 15. The van der Waals surface area contributed by atoms with E-state index in [2.05, 4.69) is 48.5 Å². The number of hydrogen-bond donors (Lipinski definition) is 3. The predicted molar refractivity (Wildman–Crippen MR) is 446 cm³/mol. The van der Waals surface area contributed by atoms with Gasteiger partial charge in [-0.25, -0.2) is 9.13 Å². The topological polar surface area (TPSA) is 237 Å². The van der Waals surface area contributed by atoms with Gasteiger partial charge in [0, 0.05) is 25.7 Å². The number of aliphatic hydroxyl groups excluding tert-OH is 1. The van der Waals surface area contributed by atoms with Gasteiger partial charge >= 0.3 is 39.5 Å². The van der Waals surface area contributed by atoms with Crippen molar-refractivity contribution in [3.63, 3.8) is 0 Å². The summed E-state index contributed by atoms with van der Waals surface area (Å²) in [6.45, 7) is 12.1. The first-order valence-corrected chi connectivity index (χ1v) is 48.9. The van der Waals surface area contributed by atoms with Crippen LogP contribution in [0.25, 0.3) is 0 Å². The largest absolute Gasteiger partial charge is 0.472 e. The maximum atomic E-state index is 13.2. The second kappa shape index (κ2) is 78.9. The van der Waals surface area contributed by atoms with Crippen molar-refractivity contribution in [3.8, 4) is 0 Å². The smallest absolute Gasteiger partial charge is 0.462 e. The molecule has 0 saturated carbocycles. The summed E-state index contributed by atoms with van der Waals surface area (Å²) in [4.78, 5) is 73.4. The summed E-state index contributed by atoms with van der Waals surface area (Å²) in [7, 11) is -9.93. The zero-order valence-electron chi connectivity index (χ0n) is 71.3. The first-order valence-electron chi connectivity index (χ1n) is 45.9. The van der Waals surface area contributed by atoms with E-state index in [1.54, 1.807) is 0 Å². The summed E-state index contributed by atoms with van der Waals surface area (Å²) in [5.41, 5.74) is 0. The second-order valence-corrected chi connectivity index (χ2v) is 36.1. The molecule has 0 fully saturated rings. The Bertz CT molecular complexity index is 2080. The van der Waals surface area contributed by atoms with E-state index in [1.165, 1.54) is 283 Å². The van der Waals surface area contributed by atoms with Gasteiger partial charge in [-0.05, 0) is 43.4 Å². The molecule has 0 spiro atoms. The Balaban J connectivity index is 5.26. The van der Waals surface area contributed by atoms with Gasteiger partial charge in [0.2, 0.25) is 0 Å². The lowest BCUT2D eigenvalue weighted by Crippen LogP contribution is -2.30. The van der Waals surface area contributed by atoms with E-state index in [0.29, 0.717) is 25.7 Å². The highest BCUT2D eigenvalue weighted by Crippen LogP contribution is 2.45. The predicted octanol–water partition coefficient (Wildman–Crippen LogP) is 27.3. The summed E-state index contributed by atoms with van der Waals surface area (Å²) >= 11 is 0. The van der Waals surface area contributed by atoms with E-state index >= 15 is 0 Å². The van der Waals surface area contributed by atoms with Gasteiger partial charge in [0.1, 0.15) is 19.3 Å². The molecule has 0 aliphatic rings. The molecule has 19 heteroatoms. The van der Waals surface area contributed by atoms with Crippen LogP contribution in [-0.4, -0.2) is 96.7 Å². The van der Waals surface area contributed by atoms with E-state index in [4.69, 9.17) is 37.0 Å². The van der Waals surface area contributed by atoms with Crippen LogP contribution in [0.15, 0.2) is 0 Å². The van der Waals surface area contributed by atoms with Crippen molar-refractivity contribution in [2.75, 3.05) is 39.6 Å². The number of carbonyl (C=O) groups excluding carboxylic acids is 4. The van der Waals surface area contributed by atoms with Gasteiger partial charge < -0.3 is 33.8 Å². The minimum atomic E-state index is -4.97. The summed E-state index contributed by atoms with van der Waals surface area (Å²) in [5, 5.41) is 10.7. The van der Waals surface area contributed by atoms with Crippen molar-refractivity contribution < 1.29 is 80.2 Å². The lowest BCUT2D eigenvalue weighted by molar-refractivity contribution is -0.161. The van der Waals surface area contributed by atoms with Crippen LogP contribution < -0.4 is 0 Å². The third-order valence-electron chi connectivity index (χ3n) is 21.2. The van der Waals surface area contributed by atoms with E-state index in [9.17, 15) is 43.2 Å². The minimum absolute atomic E-state index is 0.108. The van der Waals surface area contributed by atoms with Crippen LogP contribution in [0.2, 0.25) is 0 Å². The molecule has 0 saturated heterocycles. The Morgan fingerprint density at radius 2 is 0.472 bits per heavy atom. The van der Waals surface area contributed by atoms with Crippen LogP contribution >= 0.6 is 15.6 Å². The third kappa shape index (κ3) is 80.7. The van der Waals surface area contributed by atoms with Gasteiger partial charge in [0.05, 0.1) is 26.4 Å². The molecule has 0 amide bonds. The Morgan fingerprint density at radius 1 is 0.269 bits per heavy atom. The third-order valence-corrected chi connectivity index (χ3v) is 23.1. The number of aliphatic hydroxyl groups is 1. The fourth-order valence-electron chi connectivity index (χ4n) is 13.9. The molecule has 0 heterocycles. The van der Waals surface area contributed by atoms with Crippen LogP contribution in [0, 0.1) is 17.8 Å². The number of unbranched alkanes of at least 4 members (excludes halogenated alkanes) is 54. The van der Waals surface area contributed by atoms with Crippen LogP contribution in [0.4, 0.5) is 0 Å². The fourth-order valence-corrected chi connectivity index (χ4v) is 15.4. The normalized spacial score (nSPS) is 14.1. The standard InChI is InChI=1S/C89H174O17P2/c1-8-10-11-12-13-14-15-35-42-49-56-63-70-86(91)99-76-84(105-89(94)73-66-59-52-45-38-31-25-24-28-34-41-48-55-62-69-82(7)9-2)78-103-107(95,96)101-74-83(90)75-102-108(97,98)104-79-85(106-88(93)72-65-58-51-44-37-30-23-19-17-21-27-33-40-47-54-61-68-81(5)6)77-100-87(92)71-64-57-50-43-36-29-22-18-16-20-26-32-39-46-53-60-67-80(3)4/h80-85,90H,8-79H2,1-7H3,(H,95,96)(H,97,98)/t82?,83-,84+,85+/m0/s1. The van der Waals surface area contributed by atoms with Crippen LogP contribution in [-0.2, 0) is 65.4 Å². The van der Waals surface area contributed by atoms with Crippen molar-refractivity contribution in [1.29, 1.82) is 0 Å². The minimum Gasteiger partial charge on any atom is -0.462 e. The molecule has 0 rings (SSSR count). The molecule has 0 aromatic heterocycles. The van der Waals surface area contributed by atoms with E-state index in [0.717, 1.165) is 108 Å². The molecule has 0 aromatic rings. The maximum absolute atomic E-state index is 13.2. The fraction of sp³-hybridized carbons (Fsp3) is 0.955. The van der Waals surface area contributed by atoms with Crippen molar-refractivity contribution in [1.82, 2.24) is 0 Å². The quantitative estimate of drug-likeness (QED) is 0.0222. The number of rotatable bonds is 87. The van der Waals surface area contributed by atoms with Crippen LogP contribution in [0.5, 0.6) is 0 Å². The van der Waals surface area contributed by atoms with Crippen molar-refractivity contribution in [2.45, 2.75) is 491 Å². The lowest BCUT2D eigenvalue weighted by atomic mass is 9.99. The number of carbonyl (C=O) groups is 4. The van der Waals surface area contributed by atoms with E-state index in [1.807, 2.05) is 0 Å². The first-order chi connectivity index (χ1) is 52.3. The molecular weight excluding hydrogens is 1400 g/mol. The number of ether oxygens (including phenoxy) is 4. The molecule has 0 aliphatic heterocycles. The summed E-state index contributed by atoms with van der Waals surface area (Å²) in [5.74, 6) is 0.369. The number of esters is 4. The molecule has 0 radical (unpaired) electrons. The summed E-state index contributed by atoms with van der Waals surface area (Å²) in [6, 6.07) is 0. The Labute approximate surface area is 664 Å². The summed E-state index contributed by atoms with van der Waals surface area (Å²) < 4.78 is 69.0. The average molecular weight is 1580 g/mol. The number of phosphoric acid groups is 2. The molecule has 0 aliphatic carbocycles. The molecule has 0 aromatic carbocycles. The highest BCUT2D eigenvalue weighted by molar-refractivity contribution is 7.47. The molecule has 6 atom stereocenters. The monoisotopic (exact) mass is 1580 g/mol. The van der Waals surface area contributed by atoms with Gasteiger partial charge in [-0.2, -0.15) is 0 Å². The molecule has 17 nitrogen and oxygen atoms in total. The van der Waals surface area contributed by atoms with Crippen molar-refractivity contribution in [2.24, 2.45) is 17.8 Å². The molecule has 0 bridgehead atoms. The van der Waals surface area contributed by atoms with Crippen LogP contribution in [0.3, 0.4) is 0 Å². The van der Waals surface area contributed by atoms with Gasteiger partial charge in [0.25, 0.3) is 0 Å². The molecule has 3 unspecified atom stereocenters. The van der Waals surface area contributed by atoms with E-state index in [-0.39, 0.29) is 25.7 Å². The Kier molecular flexibility index (Phi) is 77.5. The Hall–Kier alpha value is -1.94.